The number of carbonyl (C=O) groups is 1. The Balaban J connectivity index is 1.43. The second kappa shape index (κ2) is 7.60. The van der Waals surface area contributed by atoms with Crippen molar-refractivity contribution in [3.8, 4) is 5.75 Å². The van der Waals surface area contributed by atoms with E-state index in [0.29, 0.717) is 17.9 Å². The summed E-state index contributed by atoms with van der Waals surface area (Å²) in [6.45, 7) is 7.23. The number of benzene rings is 1. The first-order chi connectivity index (χ1) is 14.5. The summed E-state index contributed by atoms with van der Waals surface area (Å²) in [7, 11) is 2.00. The quantitative estimate of drug-likeness (QED) is 0.822. The van der Waals surface area contributed by atoms with Gasteiger partial charge in [0.25, 0.3) is 5.91 Å². The summed E-state index contributed by atoms with van der Waals surface area (Å²) in [5.41, 5.74) is 2.76. The summed E-state index contributed by atoms with van der Waals surface area (Å²) in [4.78, 5) is 18.7. The van der Waals surface area contributed by atoms with Crippen LogP contribution in [0.3, 0.4) is 0 Å². The van der Waals surface area contributed by atoms with Gasteiger partial charge in [-0.1, -0.05) is 19.8 Å². The first-order valence-corrected chi connectivity index (χ1v) is 11.8. The number of piperidine rings is 3. The molecule has 0 radical (unpaired) electrons. The molecule has 0 saturated carbocycles. The molecule has 1 N–H and O–H groups in total. The predicted octanol–water partition coefficient (Wildman–Crippen LogP) is 4.31. The summed E-state index contributed by atoms with van der Waals surface area (Å²) in [6, 6.07) is 6.77. The molecule has 30 heavy (non-hydrogen) atoms. The number of rotatable bonds is 3. The average molecular weight is 410 g/mol. The van der Waals surface area contributed by atoms with Crippen LogP contribution in [0.5, 0.6) is 5.75 Å². The van der Waals surface area contributed by atoms with Gasteiger partial charge in [-0.3, -0.25) is 9.69 Å². The molecule has 5 heteroatoms. The van der Waals surface area contributed by atoms with E-state index in [0.717, 1.165) is 47.8 Å². The predicted molar refractivity (Wildman–Crippen MR) is 120 cm³/mol. The molecule has 0 aliphatic carbocycles. The van der Waals surface area contributed by atoms with Crippen molar-refractivity contribution in [3.63, 3.8) is 0 Å². The van der Waals surface area contributed by atoms with Gasteiger partial charge in [-0.15, -0.1) is 0 Å². The first kappa shape index (κ1) is 19.9. The van der Waals surface area contributed by atoms with Gasteiger partial charge in [-0.05, 0) is 62.6 Å². The number of aromatic hydroxyl groups is 1. The maximum atomic E-state index is 13.7. The molecule has 3 aliphatic heterocycles. The molecule has 1 aromatic heterocycles. The number of nitrogens with zero attached hydrogens (tertiary/aromatic N) is 3. The number of carbonyl (C=O) groups excluding carboxylic acids is 1. The van der Waals surface area contributed by atoms with Gasteiger partial charge >= 0.3 is 0 Å². The minimum absolute atomic E-state index is 0.146. The lowest BCUT2D eigenvalue weighted by Crippen LogP contribution is -2.62. The van der Waals surface area contributed by atoms with Gasteiger partial charge in [-0.25, -0.2) is 0 Å². The maximum Gasteiger partial charge on any atom is 0.256 e. The second-order valence-electron chi connectivity index (χ2n) is 9.93. The molecule has 5 rings (SSSR count). The standard InChI is InChI=1S/C25H35N3O2/c1-4-6-19-7-5-8-22-18-11-17(14-28(19)22)13-27(15-18)25(30)24-16(2)26(3)23-10-9-20(29)12-21(23)24/h9-10,12,17-19,22,29H,4-8,11,13-15H2,1-3H3/t17-,18+,19-,22-/m0/s1. The maximum absolute atomic E-state index is 13.7. The Bertz CT molecular complexity index is 963. The minimum Gasteiger partial charge on any atom is -0.508 e. The average Bonchev–Trinajstić information content (AvgIpc) is 2.98. The van der Waals surface area contributed by atoms with Crippen molar-refractivity contribution in [1.29, 1.82) is 0 Å². The number of amides is 1. The van der Waals surface area contributed by atoms with E-state index in [2.05, 4.69) is 21.3 Å². The molecule has 1 aromatic carbocycles. The largest absolute Gasteiger partial charge is 0.508 e. The van der Waals surface area contributed by atoms with Gasteiger partial charge in [0, 0.05) is 55.4 Å². The van der Waals surface area contributed by atoms with Crippen LogP contribution in [0.4, 0.5) is 0 Å². The van der Waals surface area contributed by atoms with Gasteiger partial charge in [0.05, 0.1) is 5.56 Å². The summed E-state index contributed by atoms with van der Waals surface area (Å²) in [6.07, 6.45) is 7.84. The minimum atomic E-state index is 0.146. The molecule has 162 valence electrons. The van der Waals surface area contributed by atoms with Crippen molar-refractivity contribution < 1.29 is 9.90 Å². The van der Waals surface area contributed by atoms with Gasteiger partial charge in [0.15, 0.2) is 0 Å². The number of fused-ring (bicyclic) bond motifs is 5. The third kappa shape index (κ3) is 3.13. The van der Waals surface area contributed by atoms with Crippen LogP contribution in [0.25, 0.3) is 10.9 Å². The van der Waals surface area contributed by atoms with E-state index in [4.69, 9.17) is 0 Å². The van der Waals surface area contributed by atoms with Crippen molar-refractivity contribution in [1.82, 2.24) is 14.4 Å². The van der Waals surface area contributed by atoms with Crippen LogP contribution >= 0.6 is 0 Å². The number of aryl methyl sites for hydroxylation is 1. The zero-order valence-corrected chi connectivity index (χ0v) is 18.6. The van der Waals surface area contributed by atoms with Crippen LogP contribution in [0.1, 0.15) is 61.5 Å². The van der Waals surface area contributed by atoms with Crippen molar-refractivity contribution >= 4 is 16.8 Å². The Hall–Kier alpha value is -2.01. The molecule has 5 nitrogen and oxygen atoms in total. The monoisotopic (exact) mass is 409 g/mol. The molecular formula is C25H35N3O2. The third-order valence-corrected chi connectivity index (χ3v) is 8.11. The van der Waals surface area contributed by atoms with Crippen molar-refractivity contribution in [3.05, 3.63) is 29.5 Å². The normalized spacial score (nSPS) is 29.2. The van der Waals surface area contributed by atoms with Crippen molar-refractivity contribution in [2.45, 2.75) is 64.5 Å². The fraction of sp³-hybridized carbons (Fsp3) is 0.640. The molecule has 3 aliphatic rings. The molecule has 3 saturated heterocycles. The van der Waals surface area contributed by atoms with Crippen LogP contribution in [0.15, 0.2) is 18.2 Å². The van der Waals surface area contributed by atoms with E-state index in [1.165, 1.54) is 38.5 Å². The van der Waals surface area contributed by atoms with Gasteiger partial charge in [-0.2, -0.15) is 0 Å². The second-order valence-corrected chi connectivity index (χ2v) is 9.93. The van der Waals surface area contributed by atoms with E-state index in [1.54, 1.807) is 12.1 Å². The Kier molecular flexibility index (Phi) is 5.04. The summed E-state index contributed by atoms with van der Waals surface area (Å²) < 4.78 is 2.07. The number of phenolic OH excluding ortho intramolecular Hbond substituents is 1. The van der Waals surface area contributed by atoms with Crippen LogP contribution in [-0.2, 0) is 7.05 Å². The molecule has 4 atom stereocenters. The van der Waals surface area contributed by atoms with Gasteiger partial charge in [0.1, 0.15) is 5.75 Å². The summed E-state index contributed by atoms with van der Waals surface area (Å²) >= 11 is 0. The number of phenols is 1. The molecule has 0 spiro atoms. The van der Waals surface area contributed by atoms with Gasteiger partial charge in [0.2, 0.25) is 0 Å². The lowest BCUT2D eigenvalue weighted by Gasteiger charge is -2.55. The van der Waals surface area contributed by atoms with E-state index >= 15 is 0 Å². The molecule has 0 unspecified atom stereocenters. The highest BCUT2D eigenvalue weighted by atomic mass is 16.3. The van der Waals surface area contributed by atoms with Crippen LogP contribution in [0.2, 0.25) is 0 Å². The first-order valence-electron chi connectivity index (χ1n) is 11.8. The number of hydrogen-bond donors (Lipinski definition) is 1. The van der Waals surface area contributed by atoms with E-state index in [1.807, 2.05) is 20.0 Å². The van der Waals surface area contributed by atoms with Crippen molar-refractivity contribution in [2.75, 3.05) is 19.6 Å². The van der Waals surface area contributed by atoms with Crippen LogP contribution < -0.4 is 0 Å². The zero-order chi connectivity index (χ0) is 21.0. The Morgan fingerprint density at radius 2 is 2.03 bits per heavy atom. The SMILES string of the molecule is CCC[C@H]1CCC[C@H]2[C@@H]3C[C@@H](CN(C(=O)c4c(C)n(C)c5ccc(O)cc45)C3)CN12. The Morgan fingerprint density at radius 1 is 1.20 bits per heavy atom. The highest BCUT2D eigenvalue weighted by Crippen LogP contribution is 2.41. The lowest BCUT2D eigenvalue weighted by molar-refractivity contribution is -0.0518. The molecule has 4 heterocycles. The number of likely N-dealkylation sites (tertiary alicyclic amines) is 1. The lowest BCUT2D eigenvalue weighted by atomic mass is 9.74. The fourth-order valence-electron chi connectivity index (χ4n) is 6.71. The Labute approximate surface area is 179 Å². The zero-order valence-electron chi connectivity index (χ0n) is 18.6. The summed E-state index contributed by atoms with van der Waals surface area (Å²) in [5.74, 6) is 1.56. The van der Waals surface area contributed by atoms with E-state index in [-0.39, 0.29) is 11.7 Å². The topological polar surface area (TPSA) is 48.7 Å². The molecule has 2 aromatic rings. The number of aromatic nitrogens is 1. The van der Waals surface area contributed by atoms with Crippen LogP contribution in [0, 0.1) is 18.8 Å². The molecular weight excluding hydrogens is 374 g/mol. The smallest absolute Gasteiger partial charge is 0.256 e. The highest BCUT2D eigenvalue weighted by Gasteiger charge is 2.45. The highest BCUT2D eigenvalue weighted by molar-refractivity contribution is 6.08. The van der Waals surface area contributed by atoms with Crippen molar-refractivity contribution in [2.24, 2.45) is 18.9 Å². The molecule has 3 fully saturated rings. The van der Waals surface area contributed by atoms with E-state index in [9.17, 15) is 9.90 Å². The van der Waals surface area contributed by atoms with Crippen LogP contribution in [-0.4, -0.2) is 57.1 Å². The van der Waals surface area contributed by atoms with Gasteiger partial charge < -0.3 is 14.6 Å². The third-order valence-electron chi connectivity index (χ3n) is 8.11. The van der Waals surface area contributed by atoms with E-state index < -0.39 is 0 Å². The Morgan fingerprint density at radius 3 is 2.83 bits per heavy atom. The summed E-state index contributed by atoms with van der Waals surface area (Å²) in [5, 5.41) is 10.9. The molecule has 2 bridgehead atoms. The fourth-order valence-corrected chi connectivity index (χ4v) is 6.71. The number of hydrogen-bond acceptors (Lipinski definition) is 3. The molecule has 1 amide bonds.